The number of carbonyl (C=O) groups excluding carboxylic acids is 2. The van der Waals surface area contributed by atoms with Crippen LogP contribution in [0.3, 0.4) is 0 Å². The number of amides is 1. The standard InChI is InChI=1S/C16H22N2O3S/c1-11(19)17-15-18-13(10-22-15)16(2)9-5-4-6-12(16)7-8-14(20)21-3/h7-8,10,12H,4-6,9H2,1-3H3,(H,17,18,19). The first-order chi connectivity index (χ1) is 10.5. The molecule has 1 aromatic rings. The molecule has 120 valence electrons. The van der Waals surface area contributed by atoms with Gasteiger partial charge in [-0.2, -0.15) is 0 Å². The van der Waals surface area contributed by atoms with E-state index in [1.807, 2.05) is 11.5 Å². The van der Waals surface area contributed by atoms with E-state index in [4.69, 9.17) is 0 Å². The molecule has 0 radical (unpaired) electrons. The average molecular weight is 322 g/mol. The van der Waals surface area contributed by atoms with Crippen molar-refractivity contribution in [1.82, 2.24) is 4.98 Å². The number of allylic oxidation sites excluding steroid dienone is 1. The summed E-state index contributed by atoms with van der Waals surface area (Å²) in [5, 5.41) is 5.37. The number of aromatic nitrogens is 1. The summed E-state index contributed by atoms with van der Waals surface area (Å²) < 4.78 is 4.68. The fraction of sp³-hybridized carbons (Fsp3) is 0.562. The van der Waals surface area contributed by atoms with Crippen molar-refractivity contribution in [2.75, 3.05) is 12.4 Å². The summed E-state index contributed by atoms with van der Waals surface area (Å²) in [7, 11) is 1.38. The molecule has 1 heterocycles. The van der Waals surface area contributed by atoms with Gasteiger partial charge in [-0.3, -0.25) is 4.79 Å². The van der Waals surface area contributed by atoms with Gasteiger partial charge in [-0.15, -0.1) is 11.3 Å². The number of ether oxygens (including phenoxy) is 1. The van der Waals surface area contributed by atoms with Crippen molar-refractivity contribution >= 4 is 28.3 Å². The number of esters is 1. The highest BCUT2D eigenvalue weighted by Crippen LogP contribution is 2.44. The molecule has 1 amide bonds. The Hall–Kier alpha value is -1.69. The zero-order chi connectivity index (χ0) is 16.2. The molecule has 22 heavy (non-hydrogen) atoms. The van der Waals surface area contributed by atoms with E-state index in [-0.39, 0.29) is 23.2 Å². The maximum absolute atomic E-state index is 11.4. The number of carbonyl (C=O) groups is 2. The van der Waals surface area contributed by atoms with E-state index >= 15 is 0 Å². The highest BCUT2D eigenvalue weighted by molar-refractivity contribution is 7.13. The van der Waals surface area contributed by atoms with Crippen molar-refractivity contribution in [1.29, 1.82) is 0 Å². The second-order valence-corrected chi connectivity index (χ2v) is 6.73. The lowest BCUT2D eigenvalue weighted by Crippen LogP contribution is -2.34. The van der Waals surface area contributed by atoms with Crippen LogP contribution in [0.2, 0.25) is 0 Å². The number of methoxy groups -OCH3 is 1. The first-order valence-electron chi connectivity index (χ1n) is 7.45. The van der Waals surface area contributed by atoms with Gasteiger partial charge in [0.05, 0.1) is 12.8 Å². The third-order valence-corrected chi connectivity index (χ3v) is 5.08. The van der Waals surface area contributed by atoms with E-state index in [0.717, 1.165) is 31.4 Å². The maximum Gasteiger partial charge on any atom is 0.330 e. The minimum Gasteiger partial charge on any atom is -0.466 e. The van der Waals surface area contributed by atoms with Crippen LogP contribution in [-0.2, 0) is 19.7 Å². The third-order valence-electron chi connectivity index (χ3n) is 4.32. The number of hydrogen-bond donors (Lipinski definition) is 1. The molecule has 1 fully saturated rings. The van der Waals surface area contributed by atoms with Gasteiger partial charge in [0.1, 0.15) is 0 Å². The molecule has 1 aliphatic carbocycles. The fourth-order valence-electron chi connectivity index (χ4n) is 2.99. The second kappa shape index (κ2) is 7.05. The van der Waals surface area contributed by atoms with Gasteiger partial charge in [0.15, 0.2) is 5.13 Å². The molecule has 1 aliphatic rings. The summed E-state index contributed by atoms with van der Waals surface area (Å²) in [6.07, 6.45) is 7.79. The first kappa shape index (κ1) is 16.7. The Morgan fingerprint density at radius 1 is 1.50 bits per heavy atom. The molecule has 1 saturated carbocycles. The van der Waals surface area contributed by atoms with Crippen LogP contribution in [0.1, 0.15) is 45.2 Å². The summed E-state index contributed by atoms with van der Waals surface area (Å²) in [6.45, 7) is 3.66. The Morgan fingerprint density at radius 3 is 2.95 bits per heavy atom. The van der Waals surface area contributed by atoms with Crippen LogP contribution in [0.25, 0.3) is 0 Å². The first-order valence-corrected chi connectivity index (χ1v) is 8.33. The molecule has 0 spiro atoms. The molecule has 1 aromatic heterocycles. The van der Waals surface area contributed by atoms with Gasteiger partial charge in [-0.1, -0.05) is 25.8 Å². The smallest absolute Gasteiger partial charge is 0.330 e. The molecule has 2 rings (SSSR count). The van der Waals surface area contributed by atoms with Gasteiger partial charge in [0.25, 0.3) is 0 Å². The van der Waals surface area contributed by atoms with Crippen LogP contribution in [-0.4, -0.2) is 24.0 Å². The molecule has 5 nitrogen and oxygen atoms in total. The lowest BCUT2D eigenvalue weighted by molar-refractivity contribution is -0.134. The SMILES string of the molecule is COC(=O)C=CC1CCCCC1(C)c1csc(NC(C)=O)n1. The number of rotatable bonds is 4. The second-order valence-electron chi connectivity index (χ2n) is 5.87. The summed E-state index contributed by atoms with van der Waals surface area (Å²) >= 11 is 1.44. The van der Waals surface area contributed by atoms with E-state index in [1.54, 1.807) is 0 Å². The van der Waals surface area contributed by atoms with Crippen molar-refractivity contribution in [3.05, 3.63) is 23.2 Å². The van der Waals surface area contributed by atoms with Crippen molar-refractivity contribution < 1.29 is 14.3 Å². The molecule has 0 aliphatic heterocycles. The third kappa shape index (κ3) is 3.74. The van der Waals surface area contributed by atoms with E-state index in [9.17, 15) is 9.59 Å². The summed E-state index contributed by atoms with van der Waals surface area (Å²) in [4.78, 5) is 27.1. The van der Waals surface area contributed by atoms with Crippen LogP contribution in [0.5, 0.6) is 0 Å². The average Bonchev–Trinajstić information content (AvgIpc) is 2.94. The largest absolute Gasteiger partial charge is 0.466 e. The number of nitrogens with zero attached hydrogens (tertiary/aromatic N) is 1. The van der Waals surface area contributed by atoms with Crippen molar-refractivity contribution in [2.45, 2.75) is 44.9 Å². The van der Waals surface area contributed by atoms with E-state index in [2.05, 4.69) is 22.0 Å². The van der Waals surface area contributed by atoms with Crippen LogP contribution < -0.4 is 5.32 Å². The number of hydrogen-bond acceptors (Lipinski definition) is 5. The number of anilines is 1. The zero-order valence-electron chi connectivity index (χ0n) is 13.2. The van der Waals surface area contributed by atoms with Gasteiger partial charge in [-0.05, 0) is 18.8 Å². The molecule has 1 N–H and O–H groups in total. The minimum atomic E-state index is -0.329. The Morgan fingerprint density at radius 2 is 2.27 bits per heavy atom. The maximum atomic E-state index is 11.4. The van der Waals surface area contributed by atoms with E-state index < -0.39 is 0 Å². The number of thiazole rings is 1. The molecular formula is C16H22N2O3S. The molecule has 0 bridgehead atoms. The van der Waals surface area contributed by atoms with Gasteiger partial charge in [0, 0.05) is 23.8 Å². The Labute approximate surface area is 134 Å². The van der Waals surface area contributed by atoms with Gasteiger partial charge in [0.2, 0.25) is 5.91 Å². The fourth-order valence-corrected chi connectivity index (χ4v) is 3.89. The van der Waals surface area contributed by atoms with Crippen LogP contribution in [0, 0.1) is 5.92 Å². The summed E-state index contributed by atoms with van der Waals surface area (Å²) in [5.74, 6) is -0.199. The van der Waals surface area contributed by atoms with Crippen molar-refractivity contribution in [3.63, 3.8) is 0 Å². The van der Waals surface area contributed by atoms with Crippen LogP contribution in [0.4, 0.5) is 5.13 Å². The monoisotopic (exact) mass is 322 g/mol. The highest BCUT2D eigenvalue weighted by Gasteiger charge is 2.38. The molecule has 0 saturated heterocycles. The predicted octanol–water partition coefficient (Wildman–Crippen LogP) is 3.28. The van der Waals surface area contributed by atoms with Gasteiger partial charge >= 0.3 is 5.97 Å². The molecule has 6 heteroatoms. The lowest BCUT2D eigenvalue weighted by atomic mass is 9.66. The van der Waals surface area contributed by atoms with Crippen LogP contribution >= 0.6 is 11.3 Å². The molecule has 2 atom stereocenters. The Balaban J connectivity index is 2.23. The predicted molar refractivity (Wildman–Crippen MR) is 86.9 cm³/mol. The summed E-state index contributed by atoms with van der Waals surface area (Å²) in [6, 6.07) is 0. The highest BCUT2D eigenvalue weighted by atomic mass is 32.1. The van der Waals surface area contributed by atoms with Crippen LogP contribution in [0.15, 0.2) is 17.5 Å². The zero-order valence-corrected chi connectivity index (χ0v) is 14.0. The van der Waals surface area contributed by atoms with Gasteiger partial charge in [-0.25, -0.2) is 9.78 Å². The quantitative estimate of drug-likeness (QED) is 0.682. The minimum absolute atomic E-state index is 0.114. The topological polar surface area (TPSA) is 68.3 Å². The number of nitrogens with one attached hydrogen (secondary N) is 1. The molecule has 2 unspecified atom stereocenters. The lowest BCUT2D eigenvalue weighted by Gasteiger charge is -2.39. The van der Waals surface area contributed by atoms with E-state index in [1.165, 1.54) is 31.4 Å². The Bertz CT molecular complexity index is 582. The normalized spacial score (nSPS) is 25.1. The summed E-state index contributed by atoms with van der Waals surface area (Å²) in [5.41, 5.74) is 0.871. The van der Waals surface area contributed by atoms with Crippen molar-refractivity contribution in [2.24, 2.45) is 5.92 Å². The van der Waals surface area contributed by atoms with Gasteiger partial charge < -0.3 is 10.1 Å². The molecule has 0 aromatic carbocycles. The Kier molecular flexibility index (Phi) is 5.34. The molecular weight excluding hydrogens is 300 g/mol. The van der Waals surface area contributed by atoms with Crippen molar-refractivity contribution in [3.8, 4) is 0 Å². The van der Waals surface area contributed by atoms with E-state index in [0.29, 0.717) is 5.13 Å².